The molecule has 0 saturated heterocycles. The first-order valence-electron chi connectivity index (χ1n) is 8.59. The van der Waals surface area contributed by atoms with Crippen LogP contribution in [0.25, 0.3) is 0 Å². The van der Waals surface area contributed by atoms with Gasteiger partial charge in [0.25, 0.3) is 0 Å². The highest BCUT2D eigenvalue weighted by Gasteiger charge is 2.05. The van der Waals surface area contributed by atoms with Gasteiger partial charge >= 0.3 is 5.97 Å². The Balaban J connectivity index is 1.91. The summed E-state index contributed by atoms with van der Waals surface area (Å²) in [7, 11) is 2.98. The van der Waals surface area contributed by atoms with Crippen LogP contribution in [0.2, 0.25) is 0 Å². The summed E-state index contributed by atoms with van der Waals surface area (Å²) in [5.41, 5.74) is 4.99. The van der Waals surface area contributed by atoms with Gasteiger partial charge in [0.2, 0.25) is 0 Å². The maximum Gasteiger partial charge on any atom is 0.337 e. The molecule has 0 unspecified atom stereocenters. The van der Waals surface area contributed by atoms with Gasteiger partial charge in [0, 0.05) is 19.2 Å². The summed E-state index contributed by atoms with van der Waals surface area (Å²) in [6.07, 6.45) is 1.64. The fraction of sp³-hybridized carbons (Fsp3) is 0.250. The smallest absolute Gasteiger partial charge is 0.337 e. The van der Waals surface area contributed by atoms with Gasteiger partial charge in [-0.15, -0.1) is 0 Å². The van der Waals surface area contributed by atoms with E-state index >= 15 is 0 Å². The first kappa shape index (κ1) is 21.3. The standard InChI is InChI=1S/C20H23N3O4S/c1-25-12-11-21-20(28)23-22-13-17-5-3-4-6-18(17)27-14-15-7-9-16(10-8-15)19(24)26-2/h3-10,13H,11-12,14H2,1-2H3,(H2,21,23,28)/b22-13-. The SMILES string of the molecule is COCCNC(=S)N/N=C\c1ccccc1OCc1ccc(C(=O)OC)cc1. The fourth-order valence-corrected chi connectivity index (χ4v) is 2.36. The number of nitrogens with one attached hydrogen (secondary N) is 2. The molecular weight excluding hydrogens is 378 g/mol. The summed E-state index contributed by atoms with van der Waals surface area (Å²) in [5, 5.41) is 7.50. The first-order valence-corrected chi connectivity index (χ1v) is 8.99. The van der Waals surface area contributed by atoms with E-state index in [4.69, 9.17) is 26.4 Å². The van der Waals surface area contributed by atoms with Crippen molar-refractivity contribution in [3.05, 3.63) is 65.2 Å². The number of hydrogen-bond acceptors (Lipinski definition) is 6. The van der Waals surface area contributed by atoms with Crippen molar-refractivity contribution in [2.24, 2.45) is 5.10 Å². The molecule has 0 amide bonds. The molecule has 0 aromatic heterocycles. The summed E-state index contributed by atoms with van der Waals surface area (Å²) < 4.78 is 15.5. The van der Waals surface area contributed by atoms with Gasteiger partial charge in [-0.2, -0.15) is 5.10 Å². The van der Waals surface area contributed by atoms with E-state index in [1.165, 1.54) is 7.11 Å². The topological polar surface area (TPSA) is 81.2 Å². The number of ether oxygens (including phenoxy) is 3. The Morgan fingerprint density at radius 1 is 1.14 bits per heavy atom. The minimum absolute atomic E-state index is 0.358. The van der Waals surface area contributed by atoms with Crippen LogP contribution in [0.3, 0.4) is 0 Å². The Labute approximate surface area is 169 Å². The van der Waals surface area contributed by atoms with Crippen molar-refractivity contribution in [3.8, 4) is 5.75 Å². The normalized spacial score (nSPS) is 10.5. The number of benzene rings is 2. The Bertz CT molecular complexity index is 809. The molecule has 2 aromatic rings. The second-order valence-electron chi connectivity index (χ2n) is 5.63. The monoisotopic (exact) mass is 401 g/mol. The quantitative estimate of drug-likeness (QED) is 0.220. The van der Waals surface area contributed by atoms with Crippen LogP contribution in [0.1, 0.15) is 21.5 Å². The molecule has 2 N–H and O–H groups in total. The van der Waals surface area contributed by atoms with E-state index in [2.05, 4.69) is 15.8 Å². The van der Waals surface area contributed by atoms with Crippen LogP contribution >= 0.6 is 12.2 Å². The van der Waals surface area contributed by atoms with Gasteiger partial charge in [-0.25, -0.2) is 4.79 Å². The Morgan fingerprint density at radius 3 is 2.61 bits per heavy atom. The molecule has 0 bridgehead atoms. The molecule has 0 aliphatic rings. The number of carbonyl (C=O) groups is 1. The van der Waals surface area contributed by atoms with Crippen molar-refractivity contribution < 1.29 is 19.0 Å². The summed E-state index contributed by atoms with van der Waals surface area (Å²) >= 11 is 5.11. The van der Waals surface area contributed by atoms with Crippen LogP contribution in [-0.2, 0) is 16.1 Å². The molecule has 28 heavy (non-hydrogen) atoms. The van der Waals surface area contributed by atoms with Crippen molar-refractivity contribution in [3.63, 3.8) is 0 Å². The zero-order chi connectivity index (χ0) is 20.2. The molecule has 8 heteroatoms. The lowest BCUT2D eigenvalue weighted by Crippen LogP contribution is -2.34. The van der Waals surface area contributed by atoms with E-state index in [0.717, 1.165) is 11.1 Å². The molecule has 7 nitrogen and oxygen atoms in total. The molecule has 0 fully saturated rings. The lowest BCUT2D eigenvalue weighted by molar-refractivity contribution is 0.0600. The van der Waals surface area contributed by atoms with E-state index in [9.17, 15) is 4.79 Å². The minimum atomic E-state index is -0.365. The zero-order valence-corrected chi connectivity index (χ0v) is 16.6. The summed E-state index contributed by atoms with van der Waals surface area (Å²) in [6.45, 7) is 1.52. The number of esters is 1. The maximum absolute atomic E-state index is 11.5. The van der Waals surface area contributed by atoms with Gasteiger partial charge in [-0.1, -0.05) is 24.3 Å². The predicted octanol–water partition coefficient (Wildman–Crippen LogP) is 2.50. The van der Waals surface area contributed by atoms with Crippen LogP contribution < -0.4 is 15.5 Å². The molecule has 0 radical (unpaired) electrons. The molecule has 2 aromatic carbocycles. The number of nitrogens with zero attached hydrogens (tertiary/aromatic N) is 1. The van der Waals surface area contributed by atoms with Crippen molar-refractivity contribution in [2.45, 2.75) is 6.61 Å². The molecule has 0 atom stereocenters. The molecule has 0 aliphatic carbocycles. The van der Waals surface area contributed by atoms with Crippen molar-refractivity contribution >= 4 is 29.5 Å². The third kappa shape index (κ3) is 6.98. The number of carbonyl (C=O) groups excluding carboxylic acids is 1. The second-order valence-corrected chi connectivity index (χ2v) is 6.04. The molecule has 0 heterocycles. The highest BCUT2D eigenvalue weighted by Crippen LogP contribution is 2.18. The van der Waals surface area contributed by atoms with E-state index in [1.807, 2.05) is 36.4 Å². The lowest BCUT2D eigenvalue weighted by Gasteiger charge is -2.10. The van der Waals surface area contributed by atoms with E-state index < -0.39 is 0 Å². The summed E-state index contributed by atoms with van der Waals surface area (Å²) in [4.78, 5) is 11.5. The highest BCUT2D eigenvalue weighted by atomic mass is 32.1. The number of para-hydroxylation sites is 1. The van der Waals surface area contributed by atoms with E-state index in [1.54, 1.807) is 25.5 Å². The van der Waals surface area contributed by atoms with Gasteiger partial charge < -0.3 is 19.5 Å². The molecular formula is C20H23N3O4S. The van der Waals surface area contributed by atoms with Crippen molar-refractivity contribution in [1.82, 2.24) is 10.7 Å². The third-order valence-electron chi connectivity index (χ3n) is 3.65. The van der Waals surface area contributed by atoms with Crippen LogP contribution in [0, 0.1) is 0 Å². The lowest BCUT2D eigenvalue weighted by atomic mass is 10.1. The molecule has 0 spiro atoms. The van der Waals surface area contributed by atoms with Gasteiger partial charge in [0.1, 0.15) is 12.4 Å². The Hall–Kier alpha value is -2.97. The minimum Gasteiger partial charge on any atom is -0.488 e. The number of methoxy groups -OCH3 is 2. The number of thiocarbonyl (C=S) groups is 1. The summed E-state index contributed by atoms with van der Waals surface area (Å²) in [5.74, 6) is 0.319. The second kappa shape index (κ2) is 11.7. The average Bonchev–Trinajstić information content (AvgIpc) is 2.73. The van der Waals surface area contributed by atoms with Crippen LogP contribution in [0.4, 0.5) is 0 Å². The van der Waals surface area contributed by atoms with Crippen LogP contribution in [0.5, 0.6) is 5.75 Å². The largest absolute Gasteiger partial charge is 0.488 e. The molecule has 2 rings (SSSR count). The Morgan fingerprint density at radius 2 is 1.89 bits per heavy atom. The molecule has 0 saturated carbocycles. The number of rotatable bonds is 9. The average molecular weight is 401 g/mol. The van der Waals surface area contributed by atoms with Crippen molar-refractivity contribution in [1.29, 1.82) is 0 Å². The zero-order valence-electron chi connectivity index (χ0n) is 15.8. The van der Waals surface area contributed by atoms with E-state index in [-0.39, 0.29) is 5.97 Å². The third-order valence-corrected chi connectivity index (χ3v) is 3.89. The first-order chi connectivity index (χ1) is 13.6. The maximum atomic E-state index is 11.5. The van der Waals surface area contributed by atoms with Crippen molar-refractivity contribution in [2.75, 3.05) is 27.4 Å². The van der Waals surface area contributed by atoms with Gasteiger partial charge in [-0.05, 0) is 42.0 Å². The number of hydrogen-bond donors (Lipinski definition) is 2. The van der Waals surface area contributed by atoms with Crippen LogP contribution in [-0.4, -0.2) is 44.7 Å². The van der Waals surface area contributed by atoms with Gasteiger partial charge in [0.05, 0.1) is 25.5 Å². The van der Waals surface area contributed by atoms with Crippen LogP contribution in [0.15, 0.2) is 53.6 Å². The molecule has 0 aliphatic heterocycles. The van der Waals surface area contributed by atoms with E-state index in [0.29, 0.717) is 36.2 Å². The summed E-state index contributed by atoms with van der Waals surface area (Å²) in [6, 6.07) is 14.6. The number of hydrazone groups is 1. The van der Waals surface area contributed by atoms with Gasteiger partial charge in [0.15, 0.2) is 5.11 Å². The molecule has 148 valence electrons. The Kier molecular flexibility index (Phi) is 8.90. The fourth-order valence-electron chi connectivity index (χ4n) is 2.20. The van der Waals surface area contributed by atoms with Gasteiger partial charge in [-0.3, -0.25) is 5.43 Å². The highest BCUT2D eigenvalue weighted by molar-refractivity contribution is 7.80. The predicted molar refractivity (Wildman–Crippen MR) is 112 cm³/mol.